The summed E-state index contributed by atoms with van der Waals surface area (Å²) < 4.78 is 206. The first-order valence-electron chi connectivity index (χ1n) is 7.08. The maximum Gasteiger partial charge on any atom is 0.377 e. The highest BCUT2D eigenvalue weighted by atomic mass is 19.4. The van der Waals surface area contributed by atoms with E-state index in [0.717, 1.165) is 0 Å². The second-order valence-corrected chi connectivity index (χ2v) is 6.06. The lowest BCUT2D eigenvalue weighted by molar-refractivity contribution is -0.351. The first-order valence-corrected chi connectivity index (χ1v) is 7.08. The van der Waals surface area contributed by atoms with Crippen molar-refractivity contribution in [2.24, 2.45) is 5.41 Å². The second kappa shape index (κ2) is 8.09. The summed E-state index contributed by atoms with van der Waals surface area (Å²) in [4.78, 5) is 0. The lowest BCUT2D eigenvalue weighted by atomic mass is 9.76. The fourth-order valence-electron chi connectivity index (χ4n) is 1.99. The van der Waals surface area contributed by atoms with Crippen LogP contribution in [0.15, 0.2) is 0 Å². The molecule has 0 aromatic rings. The van der Waals surface area contributed by atoms with Crippen LogP contribution >= 0.6 is 0 Å². The van der Waals surface area contributed by atoms with Gasteiger partial charge in [0.05, 0.1) is 25.0 Å². The van der Waals surface area contributed by atoms with Crippen LogP contribution in [0.5, 0.6) is 0 Å². The normalized spacial score (nSPS) is 15.2. The Bertz CT molecular complexity index is 667. The SMILES string of the molecule is N#CC(C#N)(CC(F)(F)C(F)(F)C(F)(F)C(F)F)CC(F)(F)C(F)(F)C(F)(F)C(F)F. The average molecular weight is 494 g/mol. The average Bonchev–Trinajstić information content (AvgIpc) is 2.59. The van der Waals surface area contributed by atoms with Crippen molar-refractivity contribution in [3.63, 3.8) is 0 Å². The van der Waals surface area contributed by atoms with Crippen LogP contribution in [0.1, 0.15) is 12.8 Å². The molecule has 2 nitrogen and oxygen atoms in total. The second-order valence-electron chi connectivity index (χ2n) is 6.06. The van der Waals surface area contributed by atoms with Crippen LogP contribution in [0.3, 0.4) is 0 Å². The molecule has 0 atom stereocenters. The summed E-state index contributed by atoms with van der Waals surface area (Å²) >= 11 is 0. The van der Waals surface area contributed by atoms with Crippen molar-refractivity contribution < 1.29 is 70.2 Å². The zero-order chi connectivity index (χ0) is 25.5. The molecule has 0 unspecified atom stereocenters. The molecule has 0 N–H and O–H groups in total. The molecule has 0 heterocycles. The number of nitriles is 2. The molecule has 0 aliphatic carbocycles. The van der Waals surface area contributed by atoms with Crippen molar-refractivity contribution in [1.82, 2.24) is 0 Å². The smallest absolute Gasteiger partial charge is 0.203 e. The van der Waals surface area contributed by atoms with Gasteiger partial charge in [-0.15, -0.1) is 0 Å². The molecule has 0 radical (unpaired) electrons. The van der Waals surface area contributed by atoms with E-state index in [4.69, 9.17) is 10.5 Å². The lowest BCUT2D eigenvalue weighted by Gasteiger charge is -2.37. The van der Waals surface area contributed by atoms with Crippen LogP contribution in [0.2, 0.25) is 0 Å². The standard InChI is InChI=1S/C13H6F16N2/c14-5(15)10(22,23)12(26,27)8(18,19)1-7(3-30,4-31)2-9(20,21)13(28,29)11(24,25)6(16)17/h5-6H,1-2H2. The number of rotatable bonds is 10. The highest BCUT2D eigenvalue weighted by Crippen LogP contribution is 2.56. The highest BCUT2D eigenvalue weighted by molar-refractivity contribution is 5.20. The van der Waals surface area contributed by atoms with E-state index in [2.05, 4.69) is 0 Å². The number of hydrogen-bond acceptors (Lipinski definition) is 2. The Hall–Kier alpha value is -2.14. The molecular formula is C13H6F16N2. The zero-order valence-corrected chi connectivity index (χ0v) is 14.0. The molecule has 0 aromatic heterocycles. The molecule has 18 heteroatoms. The monoisotopic (exact) mass is 494 g/mol. The summed E-state index contributed by atoms with van der Waals surface area (Å²) in [5.41, 5.74) is -4.63. The van der Waals surface area contributed by atoms with Gasteiger partial charge in [-0.3, -0.25) is 0 Å². The van der Waals surface area contributed by atoms with Gasteiger partial charge in [-0.05, 0) is 0 Å². The molecule has 0 aromatic carbocycles. The van der Waals surface area contributed by atoms with Gasteiger partial charge < -0.3 is 0 Å². The minimum Gasteiger partial charge on any atom is -0.203 e. The number of hydrogen-bond donors (Lipinski definition) is 0. The van der Waals surface area contributed by atoms with Gasteiger partial charge in [-0.1, -0.05) is 0 Å². The summed E-state index contributed by atoms with van der Waals surface area (Å²) in [6.45, 7) is 0. The van der Waals surface area contributed by atoms with Crippen LogP contribution in [0, 0.1) is 28.1 Å². The summed E-state index contributed by atoms with van der Waals surface area (Å²) in [6.07, 6.45) is -18.1. The summed E-state index contributed by atoms with van der Waals surface area (Å²) in [5.74, 6) is -41.5. The Labute approximate surface area is 161 Å². The number of nitrogens with zero attached hydrogens (tertiary/aromatic N) is 2. The van der Waals surface area contributed by atoms with E-state index in [1.165, 1.54) is 0 Å². The maximum absolute atomic E-state index is 13.6. The third kappa shape index (κ3) is 4.57. The van der Waals surface area contributed by atoms with Gasteiger partial charge in [0.15, 0.2) is 5.41 Å². The topological polar surface area (TPSA) is 47.6 Å². The van der Waals surface area contributed by atoms with E-state index >= 15 is 0 Å². The Kier molecular flexibility index (Phi) is 7.53. The fraction of sp³-hybridized carbons (Fsp3) is 0.846. The predicted molar refractivity (Wildman–Crippen MR) is 64.6 cm³/mol. The summed E-state index contributed by atoms with van der Waals surface area (Å²) in [6, 6.07) is 0.0609. The third-order valence-corrected chi connectivity index (χ3v) is 3.78. The van der Waals surface area contributed by atoms with Gasteiger partial charge in [0, 0.05) is 0 Å². The van der Waals surface area contributed by atoms with Crippen LogP contribution in [-0.4, -0.2) is 48.4 Å². The molecular weight excluding hydrogens is 488 g/mol. The molecule has 0 amide bonds. The van der Waals surface area contributed by atoms with Crippen molar-refractivity contribution in [1.29, 1.82) is 10.5 Å². The lowest BCUT2D eigenvalue weighted by Crippen LogP contribution is -2.61. The van der Waals surface area contributed by atoms with Crippen molar-refractivity contribution in [3.8, 4) is 12.1 Å². The van der Waals surface area contributed by atoms with Gasteiger partial charge in [-0.25, -0.2) is 17.6 Å². The van der Waals surface area contributed by atoms with Gasteiger partial charge >= 0.3 is 48.4 Å². The van der Waals surface area contributed by atoms with Crippen LogP contribution < -0.4 is 0 Å². The Morgan fingerprint density at radius 2 is 0.742 bits per heavy atom. The number of halogens is 16. The molecule has 0 aliphatic heterocycles. The van der Waals surface area contributed by atoms with E-state index in [0.29, 0.717) is 0 Å². The molecule has 31 heavy (non-hydrogen) atoms. The first kappa shape index (κ1) is 28.9. The third-order valence-electron chi connectivity index (χ3n) is 3.78. The fourth-order valence-corrected chi connectivity index (χ4v) is 1.99. The maximum atomic E-state index is 13.6. The predicted octanol–water partition coefficient (Wildman–Crippen LogP) is 6.14. The Morgan fingerprint density at radius 1 is 0.516 bits per heavy atom. The molecule has 0 saturated heterocycles. The van der Waals surface area contributed by atoms with E-state index in [-0.39, 0.29) is 12.1 Å². The van der Waals surface area contributed by atoms with Gasteiger partial charge in [-0.2, -0.15) is 63.2 Å². The molecule has 0 spiro atoms. The molecule has 180 valence electrons. The summed E-state index contributed by atoms with van der Waals surface area (Å²) in [7, 11) is 0. The number of alkyl halides is 16. The van der Waals surface area contributed by atoms with Crippen molar-refractivity contribution in [3.05, 3.63) is 0 Å². The minimum atomic E-state index is -7.17. The molecule has 0 bridgehead atoms. The largest absolute Gasteiger partial charge is 0.377 e. The van der Waals surface area contributed by atoms with Crippen molar-refractivity contribution in [2.75, 3.05) is 0 Å². The first-order chi connectivity index (χ1) is 13.4. The van der Waals surface area contributed by atoms with E-state index in [1.807, 2.05) is 0 Å². The van der Waals surface area contributed by atoms with E-state index in [1.54, 1.807) is 0 Å². The van der Waals surface area contributed by atoms with Crippen LogP contribution in [0.4, 0.5) is 70.2 Å². The molecule has 0 fully saturated rings. The van der Waals surface area contributed by atoms with E-state index in [9.17, 15) is 70.2 Å². The summed E-state index contributed by atoms with van der Waals surface area (Å²) in [5, 5.41) is 17.1. The van der Waals surface area contributed by atoms with Gasteiger partial charge in [0.25, 0.3) is 0 Å². The van der Waals surface area contributed by atoms with Crippen molar-refractivity contribution >= 4 is 0 Å². The van der Waals surface area contributed by atoms with Gasteiger partial charge in [0.1, 0.15) is 0 Å². The molecule has 0 aliphatic rings. The van der Waals surface area contributed by atoms with Gasteiger partial charge in [0.2, 0.25) is 0 Å². The minimum absolute atomic E-state index is 0.0304. The van der Waals surface area contributed by atoms with Crippen LogP contribution in [0.25, 0.3) is 0 Å². The molecule has 0 saturated carbocycles. The Balaban J connectivity index is 6.38. The van der Waals surface area contributed by atoms with E-state index < -0.39 is 66.6 Å². The van der Waals surface area contributed by atoms with Crippen molar-refractivity contribution in [2.45, 2.75) is 61.2 Å². The Morgan fingerprint density at radius 3 is 0.903 bits per heavy atom. The van der Waals surface area contributed by atoms with Crippen LogP contribution in [-0.2, 0) is 0 Å². The quantitative estimate of drug-likeness (QED) is 0.343. The highest BCUT2D eigenvalue weighted by Gasteiger charge is 2.79. The zero-order valence-electron chi connectivity index (χ0n) is 14.0. The molecule has 0 rings (SSSR count).